The molecule has 0 unspecified atom stereocenters. The average Bonchev–Trinajstić information content (AvgIpc) is 3.17. The van der Waals surface area contributed by atoms with Gasteiger partial charge in [-0.1, -0.05) is 6.07 Å². The predicted molar refractivity (Wildman–Crippen MR) is 66.8 cm³/mol. The summed E-state index contributed by atoms with van der Waals surface area (Å²) >= 11 is 3.51. The Labute approximate surface area is 108 Å². The molecule has 2 aliphatic carbocycles. The Morgan fingerprint density at radius 3 is 2.71 bits per heavy atom. The molecule has 0 saturated heterocycles. The van der Waals surface area contributed by atoms with E-state index in [4.69, 9.17) is 4.74 Å². The molecule has 0 radical (unpaired) electrons. The molecule has 3 nitrogen and oxygen atoms in total. The summed E-state index contributed by atoms with van der Waals surface area (Å²) in [5.74, 6) is 0.877. The Morgan fingerprint density at radius 2 is 2.18 bits per heavy atom. The lowest BCUT2D eigenvalue weighted by molar-refractivity contribution is 0.301. The van der Waals surface area contributed by atoms with Crippen molar-refractivity contribution in [1.82, 2.24) is 0 Å². The molecule has 0 atom stereocenters. The van der Waals surface area contributed by atoms with Gasteiger partial charge in [-0.2, -0.15) is 4.99 Å². The van der Waals surface area contributed by atoms with Gasteiger partial charge in [0, 0.05) is 0 Å². The Hall–Kier alpha value is -1.12. The molecule has 1 aromatic carbocycles. The van der Waals surface area contributed by atoms with E-state index in [0.717, 1.165) is 41.5 Å². The molecule has 0 bridgehead atoms. The van der Waals surface area contributed by atoms with Gasteiger partial charge in [-0.25, -0.2) is 4.79 Å². The molecule has 1 aromatic rings. The summed E-state index contributed by atoms with van der Waals surface area (Å²) in [6.07, 6.45) is 6.21. The zero-order chi connectivity index (χ0) is 11.9. The van der Waals surface area contributed by atoms with E-state index in [2.05, 4.69) is 20.9 Å². The number of nitrogens with zero attached hydrogens (tertiary/aromatic N) is 1. The number of halogens is 1. The molecule has 0 N–H and O–H groups in total. The summed E-state index contributed by atoms with van der Waals surface area (Å²) in [4.78, 5) is 14.3. The highest BCUT2D eigenvalue weighted by atomic mass is 79.9. The van der Waals surface area contributed by atoms with Crippen LogP contribution in [0.25, 0.3) is 0 Å². The number of carbonyl (C=O) groups excluding carboxylic acids is 1. The highest BCUT2D eigenvalue weighted by Gasteiger charge is 2.45. The van der Waals surface area contributed by atoms with Crippen molar-refractivity contribution in [3.8, 4) is 5.75 Å². The predicted octanol–water partition coefficient (Wildman–Crippen LogP) is 3.32. The van der Waals surface area contributed by atoms with Crippen molar-refractivity contribution >= 4 is 22.0 Å². The van der Waals surface area contributed by atoms with Crippen LogP contribution < -0.4 is 4.74 Å². The molecule has 4 heteroatoms. The van der Waals surface area contributed by atoms with E-state index < -0.39 is 0 Å². The van der Waals surface area contributed by atoms with E-state index >= 15 is 0 Å². The molecular formula is C13H12BrNO2. The lowest BCUT2D eigenvalue weighted by atomic mass is 10.1. The van der Waals surface area contributed by atoms with Crippen LogP contribution in [0.5, 0.6) is 5.75 Å². The lowest BCUT2D eigenvalue weighted by Gasteiger charge is -2.12. The Bertz CT molecular complexity index is 500. The SMILES string of the molecule is O=C=NC1(c2ccc(OC3CC3)c(Br)c2)CC1. The quantitative estimate of drug-likeness (QED) is 0.631. The van der Waals surface area contributed by atoms with Gasteiger partial charge in [-0.05, 0) is 59.3 Å². The summed E-state index contributed by atoms with van der Waals surface area (Å²) < 4.78 is 6.69. The van der Waals surface area contributed by atoms with E-state index in [1.807, 2.05) is 18.2 Å². The molecule has 2 fully saturated rings. The molecule has 0 spiro atoms. The molecule has 0 aromatic heterocycles. The lowest BCUT2D eigenvalue weighted by Crippen LogP contribution is -2.03. The maximum absolute atomic E-state index is 10.4. The molecule has 0 heterocycles. The average molecular weight is 294 g/mol. The third-order valence-electron chi connectivity index (χ3n) is 3.27. The molecule has 0 amide bonds. The molecule has 88 valence electrons. The first-order valence-electron chi connectivity index (χ1n) is 5.79. The zero-order valence-electron chi connectivity index (χ0n) is 9.28. The van der Waals surface area contributed by atoms with Gasteiger partial charge in [-0.3, -0.25) is 0 Å². The number of aliphatic imine (C=N–C) groups is 1. The minimum absolute atomic E-state index is 0.303. The Morgan fingerprint density at radius 1 is 1.41 bits per heavy atom. The molecule has 2 aliphatic rings. The third kappa shape index (κ3) is 2.15. The number of benzene rings is 1. The third-order valence-corrected chi connectivity index (χ3v) is 3.89. The first-order valence-corrected chi connectivity index (χ1v) is 6.58. The standard InChI is InChI=1S/C13H12BrNO2/c14-11-7-9(13(5-6-13)15-8-16)1-4-12(11)17-10-2-3-10/h1,4,7,10H,2-3,5-6H2. The van der Waals surface area contributed by atoms with Crippen LogP contribution in [-0.4, -0.2) is 12.2 Å². The molecule has 17 heavy (non-hydrogen) atoms. The fourth-order valence-electron chi connectivity index (χ4n) is 1.92. The van der Waals surface area contributed by atoms with Crippen LogP contribution in [0.3, 0.4) is 0 Å². The summed E-state index contributed by atoms with van der Waals surface area (Å²) in [5.41, 5.74) is 0.762. The van der Waals surface area contributed by atoms with Crippen LogP contribution in [0, 0.1) is 0 Å². The van der Waals surface area contributed by atoms with E-state index in [1.54, 1.807) is 6.08 Å². The van der Waals surface area contributed by atoms with E-state index in [1.165, 1.54) is 0 Å². The number of isocyanates is 1. The van der Waals surface area contributed by atoms with Gasteiger partial charge >= 0.3 is 0 Å². The molecule has 0 aliphatic heterocycles. The second-order valence-corrected chi connectivity index (χ2v) is 5.55. The monoisotopic (exact) mass is 293 g/mol. The first-order chi connectivity index (χ1) is 8.23. The van der Waals surface area contributed by atoms with Crippen LogP contribution in [0.4, 0.5) is 0 Å². The Kier molecular flexibility index (Phi) is 2.57. The Balaban J connectivity index is 1.87. The second kappa shape index (κ2) is 3.97. The van der Waals surface area contributed by atoms with Crippen molar-refractivity contribution in [2.45, 2.75) is 37.3 Å². The molecule has 2 saturated carbocycles. The highest BCUT2D eigenvalue weighted by molar-refractivity contribution is 9.10. The van der Waals surface area contributed by atoms with E-state index in [9.17, 15) is 4.79 Å². The summed E-state index contributed by atoms with van der Waals surface area (Å²) in [7, 11) is 0. The number of rotatable bonds is 4. The van der Waals surface area contributed by atoms with Crippen LogP contribution >= 0.6 is 15.9 Å². The topological polar surface area (TPSA) is 38.7 Å². The first kappa shape index (κ1) is 11.0. The van der Waals surface area contributed by atoms with Gasteiger partial charge in [0.15, 0.2) is 0 Å². The van der Waals surface area contributed by atoms with Gasteiger partial charge in [0.25, 0.3) is 0 Å². The summed E-state index contributed by atoms with van der Waals surface area (Å²) in [6.45, 7) is 0. The minimum Gasteiger partial charge on any atom is -0.489 e. The molecule has 3 rings (SSSR count). The van der Waals surface area contributed by atoms with Crippen molar-refractivity contribution in [3.05, 3.63) is 28.2 Å². The second-order valence-electron chi connectivity index (χ2n) is 4.70. The van der Waals surface area contributed by atoms with E-state index in [-0.39, 0.29) is 5.54 Å². The van der Waals surface area contributed by atoms with Crippen molar-refractivity contribution in [1.29, 1.82) is 0 Å². The maximum Gasteiger partial charge on any atom is 0.235 e. The van der Waals surface area contributed by atoms with Crippen LogP contribution in [0.1, 0.15) is 31.2 Å². The smallest absolute Gasteiger partial charge is 0.235 e. The maximum atomic E-state index is 10.4. The van der Waals surface area contributed by atoms with Gasteiger partial charge in [-0.15, -0.1) is 0 Å². The molecular weight excluding hydrogens is 282 g/mol. The van der Waals surface area contributed by atoms with Crippen molar-refractivity contribution < 1.29 is 9.53 Å². The van der Waals surface area contributed by atoms with Crippen LogP contribution in [0.15, 0.2) is 27.7 Å². The van der Waals surface area contributed by atoms with Crippen molar-refractivity contribution in [2.24, 2.45) is 4.99 Å². The minimum atomic E-state index is -0.303. The largest absolute Gasteiger partial charge is 0.489 e. The van der Waals surface area contributed by atoms with Gasteiger partial charge in [0.2, 0.25) is 6.08 Å². The highest BCUT2D eigenvalue weighted by Crippen LogP contribution is 2.50. The van der Waals surface area contributed by atoms with Crippen LogP contribution in [-0.2, 0) is 10.3 Å². The fraction of sp³-hybridized carbons (Fsp3) is 0.462. The number of ether oxygens (including phenoxy) is 1. The van der Waals surface area contributed by atoms with Crippen molar-refractivity contribution in [2.75, 3.05) is 0 Å². The normalized spacial score (nSPS) is 20.5. The summed E-state index contributed by atoms with van der Waals surface area (Å²) in [6, 6.07) is 5.96. The summed E-state index contributed by atoms with van der Waals surface area (Å²) in [5, 5.41) is 0. The van der Waals surface area contributed by atoms with E-state index in [0.29, 0.717) is 6.10 Å². The number of hydrogen-bond acceptors (Lipinski definition) is 3. The van der Waals surface area contributed by atoms with Gasteiger partial charge in [0.1, 0.15) is 5.75 Å². The fourth-order valence-corrected chi connectivity index (χ4v) is 2.39. The number of hydrogen-bond donors (Lipinski definition) is 0. The van der Waals surface area contributed by atoms with Gasteiger partial charge < -0.3 is 4.74 Å². The van der Waals surface area contributed by atoms with Gasteiger partial charge in [0.05, 0.1) is 16.1 Å². The zero-order valence-corrected chi connectivity index (χ0v) is 10.9. The van der Waals surface area contributed by atoms with Crippen molar-refractivity contribution in [3.63, 3.8) is 0 Å². The van der Waals surface area contributed by atoms with Crippen LogP contribution in [0.2, 0.25) is 0 Å².